The monoisotopic (exact) mass is 564 g/mol. The molecule has 13 atom stereocenters. The molecule has 0 aromatic heterocycles. The van der Waals surface area contributed by atoms with Gasteiger partial charge in [0.1, 0.15) is 54.9 Å². The van der Waals surface area contributed by atoms with E-state index in [4.69, 9.17) is 38.6 Å². The predicted octanol–water partition coefficient (Wildman–Crippen LogP) is -5.60. The molecule has 13 unspecified atom stereocenters. The van der Waals surface area contributed by atoms with E-state index in [0.717, 1.165) is 0 Å². The van der Waals surface area contributed by atoms with E-state index in [1.807, 2.05) is 0 Å². The first kappa shape index (κ1) is 35.4. The van der Waals surface area contributed by atoms with Crippen LogP contribution >= 0.6 is 0 Å². The first-order valence-electron chi connectivity index (χ1n) is 12.2. The minimum Gasteiger partial charge on any atom is -0.394 e. The number of hydrogen-bond donors (Lipinski definition) is 10. The second-order valence-electron chi connectivity index (χ2n) is 8.87. The van der Waals surface area contributed by atoms with Crippen LogP contribution in [0, 0.1) is 0 Å². The Balaban J connectivity index is 2.90. The molecule has 16 heteroatoms. The third-order valence-electron chi connectivity index (χ3n) is 6.10. The maximum absolute atomic E-state index is 10.7. The summed E-state index contributed by atoms with van der Waals surface area (Å²) in [6.45, 7) is 0.0616. The summed E-state index contributed by atoms with van der Waals surface area (Å²) in [6.07, 6.45) is -19.4. The molecule has 0 amide bonds. The molecular formula is C22H44O16. The van der Waals surface area contributed by atoms with Gasteiger partial charge in [-0.25, -0.2) is 0 Å². The molecule has 1 aliphatic heterocycles. The fourth-order valence-electron chi connectivity index (χ4n) is 3.62. The number of ether oxygens (including phenoxy) is 6. The molecule has 0 saturated carbocycles. The molecule has 1 heterocycles. The van der Waals surface area contributed by atoms with Gasteiger partial charge in [-0.1, -0.05) is 0 Å². The highest BCUT2D eigenvalue weighted by Gasteiger charge is 2.44. The van der Waals surface area contributed by atoms with Crippen LogP contribution in [0.5, 0.6) is 0 Å². The molecule has 10 N–H and O–H groups in total. The summed E-state index contributed by atoms with van der Waals surface area (Å²) in [6, 6.07) is 0. The Bertz CT molecular complexity index is 614. The molecule has 228 valence electrons. The topological polar surface area (TPSA) is 258 Å². The van der Waals surface area contributed by atoms with Crippen molar-refractivity contribution in [3.05, 3.63) is 0 Å². The van der Waals surface area contributed by atoms with Gasteiger partial charge in [-0.15, -0.1) is 0 Å². The highest BCUT2D eigenvalue weighted by Crippen LogP contribution is 2.23. The average molecular weight is 565 g/mol. The van der Waals surface area contributed by atoms with Crippen molar-refractivity contribution in [3.8, 4) is 0 Å². The van der Waals surface area contributed by atoms with Crippen molar-refractivity contribution in [2.45, 2.75) is 93.6 Å². The zero-order chi connectivity index (χ0) is 29.0. The van der Waals surface area contributed by atoms with Gasteiger partial charge in [-0.2, -0.15) is 0 Å². The maximum Gasteiger partial charge on any atom is 0.186 e. The number of aliphatic hydroxyl groups excluding tert-OH is 10. The molecule has 0 aromatic rings. The van der Waals surface area contributed by atoms with E-state index in [9.17, 15) is 40.9 Å². The van der Waals surface area contributed by atoms with Crippen LogP contribution < -0.4 is 0 Å². The van der Waals surface area contributed by atoms with Crippen LogP contribution in [0.25, 0.3) is 0 Å². The van der Waals surface area contributed by atoms with E-state index in [1.54, 1.807) is 0 Å². The van der Waals surface area contributed by atoms with Crippen LogP contribution in [0.4, 0.5) is 0 Å². The van der Waals surface area contributed by atoms with Gasteiger partial charge in [-0.05, 0) is 13.8 Å². The number of methoxy groups -OCH3 is 1. The van der Waals surface area contributed by atoms with Crippen molar-refractivity contribution < 1.29 is 79.5 Å². The Labute approximate surface area is 220 Å². The van der Waals surface area contributed by atoms with Crippen LogP contribution in [-0.2, 0) is 28.4 Å². The van der Waals surface area contributed by atoms with E-state index >= 15 is 0 Å². The van der Waals surface area contributed by atoms with Crippen LogP contribution in [0.3, 0.4) is 0 Å². The van der Waals surface area contributed by atoms with Crippen LogP contribution in [0.1, 0.15) is 13.8 Å². The Kier molecular flexibility index (Phi) is 16.7. The van der Waals surface area contributed by atoms with Crippen molar-refractivity contribution in [2.24, 2.45) is 0 Å². The smallest absolute Gasteiger partial charge is 0.186 e. The largest absolute Gasteiger partial charge is 0.394 e. The summed E-state index contributed by atoms with van der Waals surface area (Å²) in [7, 11) is 1.31. The highest BCUT2D eigenvalue weighted by atomic mass is 16.7. The lowest BCUT2D eigenvalue weighted by Crippen LogP contribution is -2.60. The summed E-state index contributed by atoms with van der Waals surface area (Å²) >= 11 is 0. The predicted molar refractivity (Wildman–Crippen MR) is 124 cm³/mol. The van der Waals surface area contributed by atoms with Crippen LogP contribution in [-0.4, -0.2) is 178 Å². The van der Waals surface area contributed by atoms with Gasteiger partial charge < -0.3 is 79.5 Å². The summed E-state index contributed by atoms with van der Waals surface area (Å²) in [5.74, 6) is 0. The Morgan fingerprint density at radius 3 is 1.68 bits per heavy atom. The van der Waals surface area contributed by atoms with E-state index in [0.29, 0.717) is 0 Å². The van der Waals surface area contributed by atoms with E-state index < -0.39 is 106 Å². The zero-order valence-corrected chi connectivity index (χ0v) is 21.7. The lowest BCUT2D eigenvalue weighted by atomic mass is 9.95. The molecule has 16 nitrogen and oxygen atoms in total. The molecule has 0 radical (unpaired) electrons. The number of aliphatic hydroxyl groups is 10. The average Bonchev–Trinajstić information content (AvgIpc) is 2.92. The van der Waals surface area contributed by atoms with Crippen LogP contribution in [0.15, 0.2) is 0 Å². The SMILES string of the molecule is COC(C)C(O)C(O)C(OCCO)OC(C)C(O)C(O)C(OCCO)OCC1OC(CO)C(O)C(O)C1O. The van der Waals surface area contributed by atoms with E-state index in [-0.39, 0.29) is 13.2 Å². The molecule has 0 aliphatic carbocycles. The summed E-state index contributed by atoms with van der Waals surface area (Å²) in [4.78, 5) is 0. The van der Waals surface area contributed by atoms with Crippen molar-refractivity contribution in [1.82, 2.24) is 0 Å². The molecule has 1 fully saturated rings. The van der Waals surface area contributed by atoms with Crippen molar-refractivity contribution in [2.75, 3.05) is 46.8 Å². The summed E-state index contributed by atoms with van der Waals surface area (Å²) < 4.78 is 31.7. The first-order chi connectivity index (χ1) is 17.9. The first-order valence-corrected chi connectivity index (χ1v) is 12.2. The quantitative estimate of drug-likeness (QED) is 0.0656. The van der Waals surface area contributed by atoms with Gasteiger partial charge in [-0.3, -0.25) is 0 Å². The third-order valence-corrected chi connectivity index (χ3v) is 6.10. The molecular weight excluding hydrogens is 520 g/mol. The highest BCUT2D eigenvalue weighted by molar-refractivity contribution is 4.92. The molecule has 0 spiro atoms. The van der Waals surface area contributed by atoms with Gasteiger partial charge in [0.25, 0.3) is 0 Å². The van der Waals surface area contributed by atoms with Crippen LogP contribution in [0.2, 0.25) is 0 Å². The molecule has 38 heavy (non-hydrogen) atoms. The fourth-order valence-corrected chi connectivity index (χ4v) is 3.62. The van der Waals surface area contributed by atoms with Gasteiger partial charge in [0.05, 0.1) is 51.8 Å². The molecule has 1 rings (SSSR count). The standard InChI is InChI=1S/C22H44O16/c1-10(33-3)14(26)20(32)22(35-7-5-24)37-11(2)15(27)19(31)21(34-6-4-23)36-9-13-17(29)18(30)16(28)12(8-25)38-13/h10-32H,4-9H2,1-3H3. The molecule has 0 aromatic carbocycles. The molecule has 1 aliphatic rings. The second-order valence-corrected chi connectivity index (χ2v) is 8.87. The minimum atomic E-state index is -1.85. The number of rotatable bonds is 19. The Morgan fingerprint density at radius 1 is 0.658 bits per heavy atom. The number of hydrogen-bond acceptors (Lipinski definition) is 16. The Morgan fingerprint density at radius 2 is 1.16 bits per heavy atom. The lowest BCUT2D eigenvalue weighted by molar-refractivity contribution is -0.284. The van der Waals surface area contributed by atoms with Crippen molar-refractivity contribution in [1.29, 1.82) is 0 Å². The van der Waals surface area contributed by atoms with Gasteiger partial charge >= 0.3 is 0 Å². The van der Waals surface area contributed by atoms with Gasteiger partial charge in [0, 0.05) is 7.11 Å². The lowest BCUT2D eigenvalue weighted by Gasteiger charge is -2.40. The molecule has 1 saturated heterocycles. The van der Waals surface area contributed by atoms with Crippen molar-refractivity contribution in [3.63, 3.8) is 0 Å². The van der Waals surface area contributed by atoms with Gasteiger partial charge in [0.15, 0.2) is 12.6 Å². The fraction of sp³-hybridized carbons (Fsp3) is 1.00. The Hall–Kier alpha value is -0.640. The van der Waals surface area contributed by atoms with Crippen molar-refractivity contribution >= 4 is 0 Å². The summed E-state index contributed by atoms with van der Waals surface area (Å²) in [5.41, 5.74) is 0. The molecule has 0 bridgehead atoms. The summed E-state index contributed by atoms with van der Waals surface area (Å²) in [5, 5.41) is 99.6. The van der Waals surface area contributed by atoms with Gasteiger partial charge in [0.2, 0.25) is 0 Å². The normalized spacial score (nSPS) is 30.7. The third kappa shape index (κ3) is 10.1. The second kappa shape index (κ2) is 17.9. The zero-order valence-electron chi connectivity index (χ0n) is 21.7. The minimum absolute atomic E-state index is 0.286. The van der Waals surface area contributed by atoms with E-state index in [1.165, 1.54) is 21.0 Å². The maximum atomic E-state index is 10.7. The van der Waals surface area contributed by atoms with E-state index in [2.05, 4.69) is 0 Å².